The number of urea groups is 1. The van der Waals surface area contributed by atoms with Crippen LogP contribution < -0.4 is 10.6 Å². The molecule has 0 aromatic carbocycles. The number of hydrogen-bond donors (Lipinski definition) is 3. The smallest absolute Gasteiger partial charge is 0.315 e. The molecular formula is C13H22N2O4. The zero-order chi connectivity index (χ0) is 13.8. The summed E-state index contributed by atoms with van der Waals surface area (Å²) in [6.07, 6.45) is 4.02. The Morgan fingerprint density at radius 3 is 2.68 bits per heavy atom. The molecule has 0 spiro atoms. The number of carboxylic acids is 1. The van der Waals surface area contributed by atoms with E-state index in [1.54, 1.807) is 0 Å². The predicted octanol–water partition coefficient (Wildman–Crippen LogP) is 1.11. The summed E-state index contributed by atoms with van der Waals surface area (Å²) < 4.78 is 5.51. The summed E-state index contributed by atoms with van der Waals surface area (Å²) in [5.74, 6) is -1.08. The molecule has 0 radical (unpaired) electrons. The van der Waals surface area contributed by atoms with Crippen LogP contribution in [0.2, 0.25) is 0 Å². The van der Waals surface area contributed by atoms with Crippen molar-refractivity contribution in [3.8, 4) is 0 Å². The fourth-order valence-electron chi connectivity index (χ4n) is 2.86. The van der Waals surface area contributed by atoms with E-state index >= 15 is 0 Å². The summed E-state index contributed by atoms with van der Waals surface area (Å²) in [6, 6.07) is -0.268. The third-order valence-electron chi connectivity index (χ3n) is 4.00. The van der Waals surface area contributed by atoms with Crippen molar-refractivity contribution in [1.29, 1.82) is 0 Å². The number of nitrogens with one attached hydrogen (secondary N) is 2. The van der Waals surface area contributed by atoms with Gasteiger partial charge in [-0.25, -0.2) is 4.79 Å². The average molecular weight is 270 g/mol. The van der Waals surface area contributed by atoms with Crippen molar-refractivity contribution in [2.45, 2.75) is 57.2 Å². The van der Waals surface area contributed by atoms with Crippen molar-refractivity contribution >= 4 is 12.0 Å². The van der Waals surface area contributed by atoms with Gasteiger partial charge in [-0.2, -0.15) is 0 Å². The molecule has 2 amide bonds. The van der Waals surface area contributed by atoms with E-state index in [0.29, 0.717) is 12.8 Å². The van der Waals surface area contributed by atoms with E-state index in [2.05, 4.69) is 10.6 Å². The Bertz CT molecular complexity index is 342. The van der Waals surface area contributed by atoms with Crippen LogP contribution in [0.15, 0.2) is 0 Å². The van der Waals surface area contributed by atoms with Crippen LogP contribution in [0.4, 0.5) is 4.79 Å². The minimum absolute atomic E-state index is 0.0147. The van der Waals surface area contributed by atoms with Gasteiger partial charge in [0.2, 0.25) is 0 Å². The second kappa shape index (κ2) is 6.23. The molecule has 2 fully saturated rings. The molecular weight excluding hydrogens is 248 g/mol. The van der Waals surface area contributed by atoms with Gasteiger partial charge < -0.3 is 20.5 Å². The lowest BCUT2D eigenvalue weighted by atomic mass is 10.1. The second-order valence-electron chi connectivity index (χ2n) is 5.50. The van der Waals surface area contributed by atoms with Crippen LogP contribution in [0.25, 0.3) is 0 Å². The maximum absolute atomic E-state index is 11.8. The van der Waals surface area contributed by atoms with Crippen LogP contribution in [-0.4, -0.2) is 41.9 Å². The van der Waals surface area contributed by atoms with E-state index in [-0.39, 0.29) is 30.1 Å². The first-order valence-corrected chi connectivity index (χ1v) is 6.97. The highest BCUT2D eigenvalue weighted by molar-refractivity contribution is 5.75. The van der Waals surface area contributed by atoms with E-state index in [1.807, 2.05) is 6.92 Å². The lowest BCUT2D eigenvalue weighted by Crippen LogP contribution is -2.48. The van der Waals surface area contributed by atoms with Gasteiger partial charge in [0.15, 0.2) is 0 Å². The monoisotopic (exact) mass is 270 g/mol. The number of carbonyl (C=O) groups excluding carboxylic acids is 1. The van der Waals surface area contributed by atoms with Crippen molar-refractivity contribution in [3.05, 3.63) is 0 Å². The molecule has 19 heavy (non-hydrogen) atoms. The number of rotatable bonds is 4. The van der Waals surface area contributed by atoms with Crippen molar-refractivity contribution < 1.29 is 19.4 Å². The number of carbonyl (C=O) groups is 2. The molecule has 1 saturated heterocycles. The van der Waals surface area contributed by atoms with Crippen LogP contribution in [0, 0.1) is 5.92 Å². The van der Waals surface area contributed by atoms with Crippen LogP contribution in [0.5, 0.6) is 0 Å². The molecule has 0 aromatic rings. The van der Waals surface area contributed by atoms with Crippen molar-refractivity contribution in [3.63, 3.8) is 0 Å². The van der Waals surface area contributed by atoms with Gasteiger partial charge in [0.05, 0.1) is 18.1 Å². The summed E-state index contributed by atoms with van der Waals surface area (Å²) in [4.78, 5) is 22.7. The zero-order valence-electron chi connectivity index (χ0n) is 11.2. The van der Waals surface area contributed by atoms with Gasteiger partial charge in [-0.3, -0.25) is 4.79 Å². The Morgan fingerprint density at radius 1 is 1.32 bits per heavy atom. The first-order valence-electron chi connectivity index (χ1n) is 6.97. The maximum atomic E-state index is 11.8. The molecule has 4 atom stereocenters. The van der Waals surface area contributed by atoms with Crippen LogP contribution in [-0.2, 0) is 9.53 Å². The van der Waals surface area contributed by atoms with Gasteiger partial charge in [0.25, 0.3) is 0 Å². The predicted molar refractivity (Wildman–Crippen MR) is 68.9 cm³/mol. The number of aliphatic carboxylic acids is 1. The Morgan fingerprint density at radius 2 is 2.11 bits per heavy atom. The lowest BCUT2D eigenvalue weighted by Gasteiger charge is -2.21. The molecule has 1 heterocycles. The number of ether oxygens (including phenoxy) is 1. The first kappa shape index (κ1) is 14.1. The summed E-state index contributed by atoms with van der Waals surface area (Å²) in [6.45, 7) is 2.70. The first-order chi connectivity index (χ1) is 9.06. The number of carboxylic acid groups (broad SMARTS) is 1. The zero-order valence-corrected chi connectivity index (χ0v) is 11.2. The normalized spacial score (nSPS) is 31.9. The van der Waals surface area contributed by atoms with Gasteiger partial charge >= 0.3 is 12.0 Å². The summed E-state index contributed by atoms with van der Waals surface area (Å²) in [5, 5.41) is 14.6. The molecule has 6 heteroatoms. The molecule has 108 valence electrons. The SMILES string of the molecule is CC(NC(=O)N[C@H]1CC[C@@H](C(=O)O)C1)C1CCCO1. The third kappa shape index (κ3) is 3.83. The topological polar surface area (TPSA) is 87.7 Å². The lowest BCUT2D eigenvalue weighted by molar-refractivity contribution is -0.141. The standard InChI is InChI=1S/C13H22N2O4/c1-8(11-3-2-6-19-11)14-13(18)15-10-5-4-9(7-10)12(16)17/h8-11H,2-7H2,1H3,(H,16,17)(H2,14,15,18)/t8?,9-,10+,11?/m1/s1. The maximum Gasteiger partial charge on any atom is 0.315 e. The molecule has 1 aliphatic carbocycles. The highest BCUT2D eigenvalue weighted by Crippen LogP contribution is 2.25. The molecule has 3 N–H and O–H groups in total. The quantitative estimate of drug-likeness (QED) is 0.714. The highest BCUT2D eigenvalue weighted by Gasteiger charge is 2.31. The molecule has 0 bridgehead atoms. The van der Waals surface area contributed by atoms with E-state index in [1.165, 1.54) is 0 Å². The highest BCUT2D eigenvalue weighted by atomic mass is 16.5. The van der Waals surface area contributed by atoms with Gasteiger partial charge in [0, 0.05) is 12.6 Å². The molecule has 0 aromatic heterocycles. The van der Waals surface area contributed by atoms with Crippen molar-refractivity contribution in [1.82, 2.24) is 10.6 Å². The fraction of sp³-hybridized carbons (Fsp3) is 0.846. The summed E-state index contributed by atoms with van der Waals surface area (Å²) >= 11 is 0. The molecule has 6 nitrogen and oxygen atoms in total. The van der Waals surface area contributed by atoms with Crippen LogP contribution >= 0.6 is 0 Å². The summed E-state index contributed by atoms with van der Waals surface area (Å²) in [5.41, 5.74) is 0. The Balaban J connectivity index is 1.71. The van der Waals surface area contributed by atoms with E-state index in [4.69, 9.17) is 9.84 Å². The van der Waals surface area contributed by atoms with Crippen LogP contribution in [0.1, 0.15) is 39.0 Å². The number of amides is 2. The fourth-order valence-corrected chi connectivity index (χ4v) is 2.86. The molecule has 1 saturated carbocycles. The van der Waals surface area contributed by atoms with Crippen LogP contribution in [0.3, 0.4) is 0 Å². The second-order valence-corrected chi connectivity index (χ2v) is 5.50. The minimum atomic E-state index is -0.766. The molecule has 2 rings (SSSR count). The largest absolute Gasteiger partial charge is 0.481 e. The van der Waals surface area contributed by atoms with E-state index in [0.717, 1.165) is 25.9 Å². The molecule has 2 aliphatic rings. The minimum Gasteiger partial charge on any atom is -0.481 e. The average Bonchev–Trinajstić information content (AvgIpc) is 2.98. The Hall–Kier alpha value is -1.30. The Kier molecular flexibility index (Phi) is 4.63. The van der Waals surface area contributed by atoms with Gasteiger partial charge in [-0.1, -0.05) is 0 Å². The molecule has 2 unspecified atom stereocenters. The Labute approximate surface area is 112 Å². The van der Waals surface area contributed by atoms with E-state index in [9.17, 15) is 9.59 Å². The molecule has 1 aliphatic heterocycles. The van der Waals surface area contributed by atoms with Gasteiger partial charge in [-0.15, -0.1) is 0 Å². The van der Waals surface area contributed by atoms with Crippen molar-refractivity contribution in [2.24, 2.45) is 5.92 Å². The number of hydrogen-bond acceptors (Lipinski definition) is 3. The van der Waals surface area contributed by atoms with Gasteiger partial charge in [-0.05, 0) is 39.0 Å². The van der Waals surface area contributed by atoms with Gasteiger partial charge in [0.1, 0.15) is 0 Å². The third-order valence-corrected chi connectivity index (χ3v) is 4.00. The van der Waals surface area contributed by atoms with E-state index < -0.39 is 5.97 Å². The van der Waals surface area contributed by atoms with Crippen molar-refractivity contribution in [2.75, 3.05) is 6.61 Å². The summed E-state index contributed by atoms with van der Waals surface area (Å²) in [7, 11) is 0.